The van der Waals surface area contributed by atoms with Crippen LogP contribution in [0.4, 0.5) is 0 Å². The molecule has 0 saturated carbocycles. The van der Waals surface area contributed by atoms with Gasteiger partial charge in [0.1, 0.15) is 0 Å². The molecule has 2 aromatic carbocycles. The second kappa shape index (κ2) is 8.39. The van der Waals surface area contributed by atoms with E-state index in [0.717, 1.165) is 12.5 Å². The standard InChI is InChI=1S/C18H17BrO4/c1-22-16-11-14(7-8-18(20)21)15(19)12-17(16)23-10-9-13-5-3-2-4-6-13/h2-8,11-12H,9-10H2,1H3,(H,20,21)/p-1/b8-7+. The monoisotopic (exact) mass is 375 g/mol. The van der Waals surface area contributed by atoms with Crippen molar-refractivity contribution in [3.8, 4) is 11.5 Å². The normalized spacial score (nSPS) is 10.7. The Morgan fingerprint density at radius 1 is 1.22 bits per heavy atom. The molecule has 2 aromatic rings. The molecule has 0 saturated heterocycles. The number of carbonyl (C=O) groups excluding carboxylic acids is 1. The molecule has 0 fully saturated rings. The van der Waals surface area contributed by atoms with E-state index in [0.29, 0.717) is 28.1 Å². The van der Waals surface area contributed by atoms with Crippen LogP contribution < -0.4 is 14.6 Å². The summed E-state index contributed by atoms with van der Waals surface area (Å²) < 4.78 is 11.8. The topological polar surface area (TPSA) is 58.6 Å². The van der Waals surface area contributed by atoms with Crippen molar-refractivity contribution in [2.45, 2.75) is 6.42 Å². The van der Waals surface area contributed by atoms with Gasteiger partial charge in [-0.25, -0.2) is 0 Å². The molecule has 120 valence electrons. The number of methoxy groups -OCH3 is 1. The fraction of sp³-hybridized carbons (Fsp3) is 0.167. The molecular weight excluding hydrogens is 360 g/mol. The van der Waals surface area contributed by atoms with Crippen LogP contribution >= 0.6 is 15.9 Å². The predicted molar refractivity (Wildman–Crippen MR) is 90.4 cm³/mol. The molecule has 0 amide bonds. The smallest absolute Gasteiger partial charge is 0.162 e. The number of hydrogen-bond acceptors (Lipinski definition) is 4. The highest BCUT2D eigenvalue weighted by Gasteiger charge is 2.09. The number of carboxylic acid groups (broad SMARTS) is 1. The first-order valence-electron chi connectivity index (χ1n) is 7.03. The molecule has 2 rings (SSSR count). The molecule has 0 aromatic heterocycles. The highest BCUT2D eigenvalue weighted by atomic mass is 79.9. The van der Waals surface area contributed by atoms with Crippen LogP contribution in [0.2, 0.25) is 0 Å². The molecule has 0 bridgehead atoms. The van der Waals surface area contributed by atoms with Crippen LogP contribution in [0.25, 0.3) is 6.08 Å². The minimum Gasteiger partial charge on any atom is -0.545 e. The second-order valence-electron chi connectivity index (χ2n) is 4.76. The lowest BCUT2D eigenvalue weighted by Crippen LogP contribution is -2.18. The van der Waals surface area contributed by atoms with Gasteiger partial charge in [-0.15, -0.1) is 0 Å². The SMILES string of the molecule is COc1cc(/C=C/C(=O)[O-])c(Br)cc1OCCc1ccccc1. The quantitative estimate of drug-likeness (QED) is 0.698. The summed E-state index contributed by atoms with van der Waals surface area (Å²) in [5.74, 6) is -0.112. The summed E-state index contributed by atoms with van der Waals surface area (Å²) in [7, 11) is 1.54. The van der Waals surface area contributed by atoms with Gasteiger partial charge in [0.2, 0.25) is 0 Å². The summed E-state index contributed by atoms with van der Waals surface area (Å²) in [5.41, 5.74) is 1.86. The van der Waals surface area contributed by atoms with Crippen molar-refractivity contribution in [1.29, 1.82) is 0 Å². The number of rotatable bonds is 7. The third kappa shape index (κ3) is 5.14. The van der Waals surface area contributed by atoms with Gasteiger partial charge >= 0.3 is 0 Å². The van der Waals surface area contributed by atoms with Crippen molar-refractivity contribution >= 4 is 28.0 Å². The van der Waals surface area contributed by atoms with Crippen molar-refractivity contribution in [3.63, 3.8) is 0 Å². The van der Waals surface area contributed by atoms with Crippen molar-refractivity contribution in [1.82, 2.24) is 0 Å². The van der Waals surface area contributed by atoms with E-state index in [1.54, 1.807) is 19.2 Å². The Morgan fingerprint density at radius 2 is 1.96 bits per heavy atom. The number of carboxylic acids is 1. The zero-order valence-corrected chi connectivity index (χ0v) is 14.2. The van der Waals surface area contributed by atoms with Crippen LogP contribution in [0.1, 0.15) is 11.1 Å². The van der Waals surface area contributed by atoms with E-state index in [1.807, 2.05) is 30.3 Å². The van der Waals surface area contributed by atoms with E-state index in [1.165, 1.54) is 11.6 Å². The van der Waals surface area contributed by atoms with Gasteiger partial charge in [0.15, 0.2) is 11.5 Å². The molecule has 0 unspecified atom stereocenters. The molecule has 23 heavy (non-hydrogen) atoms. The van der Waals surface area contributed by atoms with Crippen LogP contribution in [-0.2, 0) is 11.2 Å². The Labute approximate surface area is 143 Å². The average molecular weight is 376 g/mol. The Bertz CT molecular complexity index is 696. The molecule has 0 aliphatic rings. The van der Waals surface area contributed by atoms with Gasteiger partial charge in [0, 0.05) is 10.9 Å². The molecule has 5 heteroatoms. The summed E-state index contributed by atoms with van der Waals surface area (Å²) in [6.07, 6.45) is 3.19. The molecule has 0 atom stereocenters. The first-order chi connectivity index (χ1) is 11.1. The molecule has 0 radical (unpaired) electrons. The molecule has 0 N–H and O–H groups in total. The molecule has 0 aliphatic heterocycles. The summed E-state index contributed by atoms with van der Waals surface area (Å²) in [5, 5.41) is 10.5. The fourth-order valence-electron chi connectivity index (χ4n) is 2.03. The van der Waals surface area contributed by atoms with Gasteiger partial charge in [0.05, 0.1) is 19.7 Å². The third-order valence-electron chi connectivity index (χ3n) is 3.17. The Hall–Kier alpha value is -2.27. The van der Waals surface area contributed by atoms with E-state index < -0.39 is 5.97 Å². The lowest BCUT2D eigenvalue weighted by Gasteiger charge is -2.13. The van der Waals surface area contributed by atoms with Gasteiger partial charge in [0.25, 0.3) is 0 Å². The lowest BCUT2D eigenvalue weighted by molar-refractivity contribution is -0.297. The second-order valence-corrected chi connectivity index (χ2v) is 5.62. The number of halogens is 1. The minimum atomic E-state index is -1.25. The van der Waals surface area contributed by atoms with E-state index in [-0.39, 0.29) is 0 Å². The molecule has 0 spiro atoms. The van der Waals surface area contributed by atoms with Crippen LogP contribution in [0.5, 0.6) is 11.5 Å². The maximum absolute atomic E-state index is 10.5. The number of hydrogen-bond donors (Lipinski definition) is 0. The Kier molecular flexibility index (Phi) is 6.23. The van der Waals surface area contributed by atoms with E-state index in [9.17, 15) is 9.90 Å². The van der Waals surface area contributed by atoms with Crippen LogP contribution in [-0.4, -0.2) is 19.7 Å². The third-order valence-corrected chi connectivity index (χ3v) is 3.86. The first-order valence-corrected chi connectivity index (χ1v) is 7.83. The maximum Gasteiger partial charge on any atom is 0.162 e. The number of carbonyl (C=O) groups is 1. The highest BCUT2D eigenvalue weighted by Crippen LogP contribution is 2.34. The van der Waals surface area contributed by atoms with E-state index in [4.69, 9.17) is 9.47 Å². The fourth-order valence-corrected chi connectivity index (χ4v) is 2.49. The number of benzene rings is 2. The predicted octanol–water partition coefficient (Wildman–Crippen LogP) is 2.84. The van der Waals surface area contributed by atoms with Gasteiger partial charge in [-0.1, -0.05) is 52.3 Å². The van der Waals surface area contributed by atoms with Crippen molar-refractivity contribution in [3.05, 3.63) is 64.1 Å². The van der Waals surface area contributed by atoms with Crippen LogP contribution in [0.3, 0.4) is 0 Å². The molecule has 4 nitrogen and oxygen atoms in total. The molecule has 0 aliphatic carbocycles. The van der Waals surface area contributed by atoms with E-state index >= 15 is 0 Å². The Balaban J connectivity index is 2.09. The Morgan fingerprint density at radius 3 is 2.61 bits per heavy atom. The zero-order chi connectivity index (χ0) is 16.7. The minimum absolute atomic E-state index is 0.515. The summed E-state index contributed by atoms with van der Waals surface area (Å²) in [4.78, 5) is 10.5. The largest absolute Gasteiger partial charge is 0.545 e. The average Bonchev–Trinajstić information content (AvgIpc) is 2.55. The maximum atomic E-state index is 10.5. The summed E-state index contributed by atoms with van der Waals surface area (Å²) >= 11 is 3.40. The number of aliphatic carboxylic acids is 1. The van der Waals surface area contributed by atoms with Gasteiger partial charge in [-0.05, 0) is 29.3 Å². The molecular formula is C18H16BrO4-. The van der Waals surface area contributed by atoms with Crippen molar-refractivity contribution < 1.29 is 19.4 Å². The van der Waals surface area contributed by atoms with Gasteiger partial charge < -0.3 is 19.4 Å². The first kappa shape index (κ1) is 17.1. The van der Waals surface area contributed by atoms with E-state index in [2.05, 4.69) is 15.9 Å². The summed E-state index contributed by atoms with van der Waals surface area (Å²) in [6.45, 7) is 0.515. The van der Waals surface area contributed by atoms with Crippen LogP contribution in [0.15, 0.2) is 53.0 Å². The molecule has 0 heterocycles. The van der Waals surface area contributed by atoms with Gasteiger partial charge in [-0.2, -0.15) is 0 Å². The van der Waals surface area contributed by atoms with Gasteiger partial charge in [-0.3, -0.25) is 0 Å². The van der Waals surface area contributed by atoms with Crippen molar-refractivity contribution in [2.24, 2.45) is 0 Å². The van der Waals surface area contributed by atoms with Crippen LogP contribution in [0, 0.1) is 0 Å². The number of ether oxygens (including phenoxy) is 2. The summed E-state index contributed by atoms with van der Waals surface area (Å²) in [6, 6.07) is 13.5. The lowest BCUT2D eigenvalue weighted by atomic mass is 10.1. The van der Waals surface area contributed by atoms with Crippen molar-refractivity contribution in [2.75, 3.05) is 13.7 Å². The highest BCUT2D eigenvalue weighted by molar-refractivity contribution is 9.10. The zero-order valence-electron chi connectivity index (χ0n) is 12.6.